The summed E-state index contributed by atoms with van der Waals surface area (Å²) < 4.78 is 33.9. The van der Waals surface area contributed by atoms with Crippen molar-refractivity contribution >= 4 is 27.7 Å². The van der Waals surface area contributed by atoms with E-state index in [-0.39, 0.29) is 31.1 Å². The molecule has 0 saturated carbocycles. The fraction of sp³-hybridized carbons (Fsp3) is 0.200. The highest BCUT2D eigenvalue weighted by Crippen LogP contribution is 2.29. The van der Waals surface area contributed by atoms with Gasteiger partial charge in [-0.1, -0.05) is 58.4 Å². The zero-order valence-electron chi connectivity index (χ0n) is 17.5. The van der Waals surface area contributed by atoms with Crippen LogP contribution in [0.5, 0.6) is 5.75 Å². The minimum Gasteiger partial charge on any atom is -0.488 e. The van der Waals surface area contributed by atoms with Crippen molar-refractivity contribution in [2.75, 3.05) is 6.61 Å². The van der Waals surface area contributed by atoms with E-state index in [1.54, 1.807) is 24.3 Å². The Labute approximate surface area is 198 Å². The molecule has 1 aliphatic rings. The lowest BCUT2D eigenvalue weighted by molar-refractivity contribution is -0.129. The number of nitrogens with one attached hydrogen (secondary N) is 2. The number of carbonyl (C=O) groups excluding carboxylic acids is 2. The van der Waals surface area contributed by atoms with E-state index >= 15 is 0 Å². The van der Waals surface area contributed by atoms with E-state index in [1.165, 1.54) is 6.07 Å². The van der Waals surface area contributed by atoms with Gasteiger partial charge in [0.1, 0.15) is 18.5 Å². The largest absolute Gasteiger partial charge is 0.488 e. The predicted octanol–water partition coefficient (Wildman–Crippen LogP) is 4.25. The van der Waals surface area contributed by atoms with Crippen molar-refractivity contribution in [3.63, 3.8) is 0 Å². The van der Waals surface area contributed by atoms with Crippen molar-refractivity contribution in [2.45, 2.75) is 24.9 Å². The standard InChI is InChI=1S/C25H21BrF2N2O3/c26-18-8-6-15(7-9-18)10-22(31)30-23(16-4-2-1-3-5-16)25(32)29-20-12-17-11-19(27)13-21(28)24(17)33-14-20/h1-9,11,13,20,23H,10,12,14H2,(H,29,32)(H,30,31). The molecule has 1 heterocycles. The van der Waals surface area contributed by atoms with Crippen molar-refractivity contribution in [3.8, 4) is 5.75 Å². The Balaban J connectivity index is 1.47. The number of carbonyl (C=O) groups is 2. The number of benzene rings is 3. The van der Waals surface area contributed by atoms with Gasteiger partial charge in [0.25, 0.3) is 0 Å². The predicted molar refractivity (Wildman–Crippen MR) is 123 cm³/mol. The fourth-order valence-corrected chi connectivity index (χ4v) is 4.02. The topological polar surface area (TPSA) is 67.4 Å². The van der Waals surface area contributed by atoms with Gasteiger partial charge in [-0.05, 0) is 35.7 Å². The molecule has 2 unspecified atom stereocenters. The molecule has 2 amide bonds. The third-order valence-corrected chi connectivity index (χ3v) is 5.83. The van der Waals surface area contributed by atoms with Crippen LogP contribution in [-0.2, 0) is 22.4 Å². The second-order valence-electron chi connectivity index (χ2n) is 7.81. The van der Waals surface area contributed by atoms with E-state index in [4.69, 9.17) is 4.74 Å². The van der Waals surface area contributed by atoms with Gasteiger partial charge < -0.3 is 15.4 Å². The molecule has 2 N–H and O–H groups in total. The molecule has 0 aromatic heterocycles. The second kappa shape index (κ2) is 10.1. The highest BCUT2D eigenvalue weighted by atomic mass is 79.9. The van der Waals surface area contributed by atoms with Crippen LogP contribution in [0.2, 0.25) is 0 Å². The van der Waals surface area contributed by atoms with Crippen LogP contribution in [0.4, 0.5) is 8.78 Å². The van der Waals surface area contributed by atoms with Crippen LogP contribution < -0.4 is 15.4 Å². The Morgan fingerprint density at radius 3 is 2.52 bits per heavy atom. The molecule has 0 radical (unpaired) electrons. The van der Waals surface area contributed by atoms with Gasteiger partial charge in [0.2, 0.25) is 11.8 Å². The highest BCUT2D eigenvalue weighted by molar-refractivity contribution is 9.10. The van der Waals surface area contributed by atoms with Gasteiger partial charge in [0, 0.05) is 16.1 Å². The molecule has 0 fully saturated rings. The monoisotopic (exact) mass is 514 g/mol. The molecule has 0 bridgehead atoms. The number of fused-ring (bicyclic) bond motifs is 1. The van der Waals surface area contributed by atoms with E-state index in [9.17, 15) is 18.4 Å². The summed E-state index contributed by atoms with van der Waals surface area (Å²) in [5, 5.41) is 5.64. The summed E-state index contributed by atoms with van der Waals surface area (Å²) in [5.74, 6) is -2.21. The minimum absolute atomic E-state index is 0.00399. The van der Waals surface area contributed by atoms with Crippen molar-refractivity contribution in [2.24, 2.45) is 0 Å². The first-order valence-electron chi connectivity index (χ1n) is 10.4. The molecule has 1 aliphatic heterocycles. The molecule has 0 saturated heterocycles. The van der Waals surface area contributed by atoms with Crippen LogP contribution in [0.1, 0.15) is 22.7 Å². The second-order valence-corrected chi connectivity index (χ2v) is 8.73. The molecule has 4 rings (SSSR count). The average molecular weight is 515 g/mol. The van der Waals surface area contributed by atoms with Crippen molar-refractivity contribution in [1.29, 1.82) is 0 Å². The van der Waals surface area contributed by atoms with E-state index < -0.39 is 29.6 Å². The summed E-state index contributed by atoms with van der Waals surface area (Å²) in [7, 11) is 0. The quantitative estimate of drug-likeness (QED) is 0.516. The normalized spacial score (nSPS) is 15.7. The Morgan fingerprint density at radius 1 is 1.06 bits per heavy atom. The SMILES string of the molecule is O=C(Cc1ccc(Br)cc1)NC(C(=O)NC1COc2c(F)cc(F)cc2C1)c1ccccc1. The number of hydrogen-bond donors (Lipinski definition) is 2. The smallest absolute Gasteiger partial charge is 0.247 e. The Kier molecular flexibility index (Phi) is 7.03. The van der Waals surface area contributed by atoms with E-state index in [2.05, 4.69) is 26.6 Å². The lowest BCUT2D eigenvalue weighted by atomic mass is 10.0. The molecule has 2 atom stereocenters. The molecule has 5 nitrogen and oxygen atoms in total. The van der Waals surface area contributed by atoms with Crippen LogP contribution in [0.15, 0.2) is 71.2 Å². The number of amides is 2. The summed E-state index contributed by atoms with van der Waals surface area (Å²) in [6, 6.07) is 16.8. The summed E-state index contributed by atoms with van der Waals surface area (Å²) in [6.07, 6.45) is 0.326. The first kappa shape index (κ1) is 22.9. The van der Waals surface area contributed by atoms with Crippen LogP contribution in [0.25, 0.3) is 0 Å². The van der Waals surface area contributed by atoms with E-state index in [0.717, 1.165) is 16.1 Å². The molecule has 33 heavy (non-hydrogen) atoms. The first-order chi connectivity index (χ1) is 15.9. The van der Waals surface area contributed by atoms with Crippen molar-refractivity contribution < 1.29 is 23.1 Å². The number of rotatable bonds is 6. The number of halogens is 3. The first-order valence-corrected chi connectivity index (χ1v) is 11.2. The van der Waals surface area contributed by atoms with Gasteiger partial charge in [-0.2, -0.15) is 0 Å². The summed E-state index contributed by atoms with van der Waals surface area (Å²) in [4.78, 5) is 25.9. The molecule has 0 aliphatic carbocycles. The molecular formula is C25H21BrF2N2O3. The zero-order chi connectivity index (χ0) is 23.4. The van der Waals surface area contributed by atoms with Gasteiger partial charge in [-0.25, -0.2) is 8.78 Å². The van der Waals surface area contributed by atoms with E-state index in [0.29, 0.717) is 11.1 Å². The lowest BCUT2D eigenvalue weighted by Crippen LogP contribution is -2.48. The van der Waals surface area contributed by atoms with Crippen molar-refractivity contribution in [1.82, 2.24) is 10.6 Å². The van der Waals surface area contributed by atoms with Gasteiger partial charge in [0.15, 0.2) is 11.6 Å². The molecular weight excluding hydrogens is 494 g/mol. The van der Waals surface area contributed by atoms with E-state index in [1.807, 2.05) is 30.3 Å². The van der Waals surface area contributed by atoms with Crippen LogP contribution in [0, 0.1) is 11.6 Å². The maximum atomic E-state index is 13.9. The molecule has 8 heteroatoms. The van der Waals surface area contributed by atoms with Gasteiger partial charge in [0.05, 0.1) is 12.5 Å². The maximum Gasteiger partial charge on any atom is 0.247 e. The average Bonchev–Trinajstić information content (AvgIpc) is 2.79. The minimum atomic E-state index is -0.931. The van der Waals surface area contributed by atoms with Crippen LogP contribution >= 0.6 is 15.9 Å². The fourth-order valence-electron chi connectivity index (χ4n) is 3.76. The summed E-state index contributed by atoms with van der Waals surface area (Å²) in [5.41, 5.74) is 1.78. The molecule has 0 spiro atoms. The molecule has 3 aromatic rings. The lowest BCUT2D eigenvalue weighted by Gasteiger charge is -2.28. The maximum absolute atomic E-state index is 13.9. The van der Waals surface area contributed by atoms with Crippen LogP contribution in [-0.4, -0.2) is 24.5 Å². The Bertz CT molecular complexity index is 1160. The molecule has 170 valence electrons. The summed E-state index contributed by atoms with van der Waals surface area (Å²) in [6.45, 7) is 0.0373. The molecule has 3 aromatic carbocycles. The van der Waals surface area contributed by atoms with Gasteiger partial charge in [-0.3, -0.25) is 9.59 Å². The van der Waals surface area contributed by atoms with Gasteiger partial charge >= 0.3 is 0 Å². The Hall–Kier alpha value is -3.26. The number of ether oxygens (including phenoxy) is 1. The third-order valence-electron chi connectivity index (χ3n) is 5.31. The van der Waals surface area contributed by atoms with Crippen molar-refractivity contribution in [3.05, 3.63) is 99.5 Å². The Morgan fingerprint density at radius 2 is 1.79 bits per heavy atom. The number of hydrogen-bond acceptors (Lipinski definition) is 3. The van der Waals surface area contributed by atoms with Gasteiger partial charge in [-0.15, -0.1) is 0 Å². The third kappa shape index (κ3) is 5.76. The highest BCUT2D eigenvalue weighted by Gasteiger charge is 2.29. The zero-order valence-corrected chi connectivity index (χ0v) is 19.1. The van der Waals surface area contributed by atoms with Crippen LogP contribution in [0.3, 0.4) is 0 Å². The summed E-state index contributed by atoms with van der Waals surface area (Å²) >= 11 is 3.36.